The highest BCUT2D eigenvalue weighted by atomic mass is 35.5. The molecule has 0 radical (unpaired) electrons. The van der Waals surface area contributed by atoms with Crippen LogP contribution in [0.2, 0.25) is 5.02 Å². The molecule has 6 nitrogen and oxygen atoms in total. The standard InChI is InChI=1S/C18H23ClN4O2/c1-11-9-18(2,25)8-7-15(11)23-10-14(16(20)24)17(22-23)21-13-5-3-12(19)4-6-13/h3-6,10-11,15,25H,7-9H2,1-2H3,(H2,20,24)(H,21,22). The molecule has 25 heavy (non-hydrogen) atoms. The molecule has 134 valence electrons. The van der Waals surface area contributed by atoms with Gasteiger partial charge >= 0.3 is 0 Å². The van der Waals surface area contributed by atoms with Crippen LogP contribution in [-0.4, -0.2) is 26.4 Å². The van der Waals surface area contributed by atoms with Gasteiger partial charge in [0, 0.05) is 16.9 Å². The van der Waals surface area contributed by atoms with Crippen molar-refractivity contribution in [3.8, 4) is 0 Å². The van der Waals surface area contributed by atoms with E-state index in [1.54, 1.807) is 23.0 Å². The zero-order valence-electron chi connectivity index (χ0n) is 14.4. The van der Waals surface area contributed by atoms with E-state index < -0.39 is 11.5 Å². The Labute approximate surface area is 152 Å². The maximum Gasteiger partial charge on any atom is 0.254 e. The summed E-state index contributed by atoms with van der Waals surface area (Å²) in [5.74, 6) is 0.144. The van der Waals surface area contributed by atoms with E-state index in [0.717, 1.165) is 12.1 Å². The van der Waals surface area contributed by atoms with Crippen molar-refractivity contribution < 1.29 is 9.90 Å². The molecular weight excluding hydrogens is 340 g/mol. The number of nitrogens with one attached hydrogen (secondary N) is 1. The van der Waals surface area contributed by atoms with Crippen molar-refractivity contribution in [3.63, 3.8) is 0 Å². The summed E-state index contributed by atoms with van der Waals surface area (Å²) in [7, 11) is 0. The highest BCUT2D eigenvalue weighted by Gasteiger charge is 2.35. The number of primary amides is 1. The lowest BCUT2D eigenvalue weighted by atomic mass is 9.77. The molecular formula is C18H23ClN4O2. The number of carbonyl (C=O) groups is 1. The zero-order chi connectivity index (χ0) is 18.2. The summed E-state index contributed by atoms with van der Waals surface area (Å²) >= 11 is 5.90. The molecule has 0 bridgehead atoms. The smallest absolute Gasteiger partial charge is 0.254 e. The predicted octanol–water partition coefficient (Wildman–Crippen LogP) is 3.49. The average molecular weight is 363 g/mol. The number of hydrogen-bond acceptors (Lipinski definition) is 4. The fourth-order valence-corrected chi connectivity index (χ4v) is 3.70. The number of rotatable bonds is 4. The summed E-state index contributed by atoms with van der Waals surface area (Å²) in [6.45, 7) is 3.96. The van der Waals surface area contributed by atoms with Crippen LogP contribution in [0, 0.1) is 5.92 Å². The summed E-state index contributed by atoms with van der Waals surface area (Å²) < 4.78 is 1.80. The molecule has 3 atom stereocenters. The number of nitrogens with zero attached hydrogens (tertiary/aromatic N) is 2. The molecule has 1 aromatic heterocycles. The molecule has 0 saturated heterocycles. The Bertz CT molecular complexity index is 770. The molecule has 2 aromatic rings. The van der Waals surface area contributed by atoms with Crippen LogP contribution in [0.15, 0.2) is 30.5 Å². The molecule has 1 fully saturated rings. The maximum absolute atomic E-state index is 11.8. The van der Waals surface area contributed by atoms with E-state index in [0.29, 0.717) is 29.2 Å². The second-order valence-corrected chi connectivity index (χ2v) is 7.59. The summed E-state index contributed by atoms with van der Waals surface area (Å²) in [5.41, 5.74) is 6.00. The first-order valence-electron chi connectivity index (χ1n) is 8.39. The second-order valence-electron chi connectivity index (χ2n) is 7.15. The van der Waals surface area contributed by atoms with Gasteiger partial charge in [-0.3, -0.25) is 9.48 Å². The molecule has 4 N–H and O–H groups in total. The number of anilines is 2. The van der Waals surface area contributed by atoms with Crippen molar-refractivity contribution in [3.05, 3.63) is 41.0 Å². The van der Waals surface area contributed by atoms with Crippen molar-refractivity contribution in [2.24, 2.45) is 11.7 Å². The number of halogens is 1. The van der Waals surface area contributed by atoms with Crippen molar-refractivity contribution in [1.29, 1.82) is 0 Å². The summed E-state index contributed by atoms with van der Waals surface area (Å²) in [5, 5.41) is 18.6. The first-order chi connectivity index (χ1) is 11.7. The number of nitrogens with two attached hydrogens (primary N) is 1. The Morgan fingerprint density at radius 1 is 1.44 bits per heavy atom. The quantitative estimate of drug-likeness (QED) is 0.776. The minimum Gasteiger partial charge on any atom is -0.390 e. The number of amides is 1. The highest BCUT2D eigenvalue weighted by molar-refractivity contribution is 6.30. The molecule has 1 aliphatic rings. The Kier molecular flexibility index (Phi) is 4.75. The predicted molar refractivity (Wildman–Crippen MR) is 98.2 cm³/mol. The largest absolute Gasteiger partial charge is 0.390 e. The number of hydrogen-bond donors (Lipinski definition) is 3. The van der Waals surface area contributed by atoms with Gasteiger partial charge in [-0.1, -0.05) is 18.5 Å². The van der Waals surface area contributed by atoms with E-state index in [4.69, 9.17) is 17.3 Å². The normalized spacial score (nSPS) is 26.4. The minimum absolute atomic E-state index is 0.124. The fourth-order valence-electron chi connectivity index (χ4n) is 3.57. The average Bonchev–Trinajstić information content (AvgIpc) is 2.92. The van der Waals surface area contributed by atoms with Gasteiger partial charge in [0.25, 0.3) is 5.91 Å². The van der Waals surface area contributed by atoms with Gasteiger partial charge in [0.2, 0.25) is 0 Å². The third kappa shape index (κ3) is 3.96. The van der Waals surface area contributed by atoms with E-state index in [2.05, 4.69) is 17.3 Å². The molecule has 0 aliphatic heterocycles. The van der Waals surface area contributed by atoms with Crippen LogP contribution in [0.3, 0.4) is 0 Å². The van der Waals surface area contributed by atoms with Crippen LogP contribution in [0.5, 0.6) is 0 Å². The molecule has 1 aliphatic carbocycles. The molecule has 7 heteroatoms. The minimum atomic E-state index is -0.639. The third-order valence-corrected chi connectivity index (χ3v) is 5.09. The van der Waals surface area contributed by atoms with Gasteiger partial charge in [-0.15, -0.1) is 0 Å². The Hall–Kier alpha value is -2.05. The molecule has 1 amide bonds. The molecule has 3 rings (SSSR count). The van der Waals surface area contributed by atoms with Crippen LogP contribution < -0.4 is 11.1 Å². The van der Waals surface area contributed by atoms with Gasteiger partial charge < -0.3 is 16.2 Å². The topological polar surface area (TPSA) is 93.2 Å². The van der Waals surface area contributed by atoms with Crippen LogP contribution in [0.4, 0.5) is 11.5 Å². The van der Waals surface area contributed by atoms with Crippen molar-refractivity contribution >= 4 is 29.0 Å². The Morgan fingerprint density at radius 2 is 2.12 bits per heavy atom. The molecule has 1 heterocycles. The molecule has 1 aromatic carbocycles. The van der Waals surface area contributed by atoms with Crippen LogP contribution in [0.25, 0.3) is 0 Å². The SMILES string of the molecule is CC1CC(C)(O)CCC1n1cc(C(N)=O)c(Nc2ccc(Cl)cc2)n1. The lowest BCUT2D eigenvalue weighted by Crippen LogP contribution is -2.36. The molecule has 3 unspecified atom stereocenters. The van der Waals surface area contributed by atoms with E-state index in [1.165, 1.54) is 0 Å². The molecule has 0 spiro atoms. The number of aliphatic hydroxyl groups is 1. The lowest BCUT2D eigenvalue weighted by Gasteiger charge is -2.38. The van der Waals surface area contributed by atoms with Gasteiger partial charge in [0.1, 0.15) is 5.56 Å². The van der Waals surface area contributed by atoms with Gasteiger partial charge in [-0.25, -0.2) is 0 Å². The van der Waals surface area contributed by atoms with Gasteiger partial charge in [0.15, 0.2) is 5.82 Å². The highest BCUT2D eigenvalue weighted by Crippen LogP contribution is 2.39. The maximum atomic E-state index is 11.8. The third-order valence-electron chi connectivity index (χ3n) is 4.84. The van der Waals surface area contributed by atoms with Crippen LogP contribution in [0.1, 0.15) is 49.5 Å². The second kappa shape index (κ2) is 6.69. The van der Waals surface area contributed by atoms with E-state index in [1.807, 2.05) is 19.1 Å². The van der Waals surface area contributed by atoms with Crippen molar-refractivity contribution in [1.82, 2.24) is 9.78 Å². The lowest BCUT2D eigenvalue weighted by molar-refractivity contribution is -0.0146. The van der Waals surface area contributed by atoms with Crippen molar-refractivity contribution in [2.75, 3.05) is 5.32 Å². The van der Waals surface area contributed by atoms with E-state index in [9.17, 15) is 9.90 Å². The van der Waals surface area contributed by atoms with E-state index >= 15 is 0 Å². The van der Waals surface area contributed by atoms with Gasteiger partial charge in [0.05, 0.1) is 11.6 Å². The number of carbonyl (C=O) groups excluding carboxylic acids is 1. The fraction of sp³-hybridized carbons (Fsp3) is 0.444. The van der Waals surface area contributed by atoms with Crippen molar-refractivity contribution in [2.45, 2.75) is 44.8 Å². The Balaban J connectivity index is 1.87. The first-order valence-corrected chi connectivity index (χ1v) is 8.77. The van der Waals surface area contributed by atoms with E-state index in [-0.39, 0.29) is 12.0 Å². The Morgan fingerprint density at radius 3 is 2.72 bits per heavy atom. The first kappa shape index (κ1) is 17.8. The summed E-state index contributed by atoms with van der Waals surface area (Å²) in [6.07, 6.45) is 3.90. The van der Waals surface area contributed by atoms with Gasteiger partial charge in [-0.05, 0) is 56.4 Å². The monoisotopic (exact) mass is 362 g/mol. The van der Waals surface area contributed by atoms with Crippen LogP contribution >= 0.6 is 11.6 Å². The van der Waals surface area contributed by atoms with Gasteiger partial charge in [-0.2, -0.15) is 5.10 Å². The summed E-state index contributed by atoms with van der Waals surface area (Å²) in [6, 6.07) is 7.27. The summed E-state index contributed by atoms with van der Waals surface area (Å²) in [4.78, 5) is 11.8. The molecule has 1 saturated carbocycles. The number of aromatic nitrogens is 2. The number of benzene rings is 1. The van der Waals surface area contributed by atoms with Crippen LogP contribution in [-0.2, 0) is 0 Å². The zero-order valence-corrected chi connectivity index (χ0v) is 15.1.